The summed E-state index contributed by atoms with van der Waals surface area (Å²) in [5.41, 5.74) is 4.05. The molecule has 0 radical (unpaired) electrons. The van der Waals surface area contributed by atoms with E-state index in [9.17, 15) is 5.11 Å². The summed E-state index contributed by atoms with van der Waals surface area (Å²) in [5.74, 6) is 1.03. The second-order valence-electron chi connectivity index (χ2n) is 6.21. The first-order chi connectivity index (χ1) is 10.1. The smallest absolute Gasteiger partial charge is 0.115 e. The molecular weight excluding hydrogens is 258 g/mol. The molecule has 1 unspecified atom stereocenters. The molecule has 1 fully saturated rings. The molecule has 0 bridgehead atoms. The van der Waals surface area contributed by atoms with Crippen LogP contribution in [0.4, 0.5) is 0 Å². The predicted molar refractivity (Wildman–Crippen MR) is 86.6 cm³/mol. The Kier molecular flexibility index (Phi) is 3.98. The van der Waals surface area contributed by atoms with E-state index >= 15 is 0 Å². The zero-order chi connectivity index (χ0) is 14.8. The average molecular weight is 281 g/mol. The van der Waals surface area contributed by atoms with Gasteiger partial charge in [0.15, 0.2) is 0 Å². The zero-order valence-corrected chi connectivity index (χ0v) is 12.7. The van der Waals surface area contributed by atoms with Gasteiger partial charge >= 0.3 is 0 Å². The molecule has 0 amide bonds. The van der Waals surface area contributed by atoms with Gasteiger partial charge in [0.05, 0.1) is 0 Å². The Bertz CT molecular complexity index is 616. The maximum Gasteiger partial charge on any atom is 0.115 e. The Morgan fingerprint density at radius 1 is 1.10 bits per heavy atom. The van der Waals surface area contributed by atoms with Crippen LogP contribution in [0.3, 0.4) is 0 Å². The van der Waals surface area contributed by atoms with E-state index in [-0.39, 0.29) is 6.04 Å². The normalized spacial score (nSPS) is 22.6. The van der Waals surface area contributed by atoms with Crippen LogP contribution >= 0.6 is 0 Å². The van der Waals surface area contributed by atoms with E-state index in [0.29, 0.717) is 17.7 Å². The lowest BCUT2D eigenvalue weighted by Crippen LogP contribution is -2.41. The van der Waals surface area contributed by atoms with Crippen molar-refractivity contribution in [1.82, 2.24) is 5.32 Å². The lowest BCUT2D eigenvalue weighted by molar-refractivity contribution is 0.270. The van der Waals surface area contributed by atoms with Gasteiger partial charge in [0, 0.05) is 12.1 Å². The van der Waals surface area contributed by atoms with Gasteiger partial charge in [0.25, 0.3) is 0 Å². The molecule has 0 aliphatic heterocycles. The van der Waals surface area contributed by atoms with Crippen LogP contribution in [0.25, 0.3) is 0 Å². The molecule has 1 aliphatic carbocycles. The molecule has 0 spiro atoms. The maximum absolute atomic E-state index is 9.56. The van der Waals surface area contributed by atoms with E-state index < -0.39 is 0 Å². The summed E-state index contributed by atoms with van der Waals surface area (Å²) in [5, 5.41) is 13.2. The van der Waals surface area contributed by atoms with Gasteiger partial charge in [-0.3, -0.25) is 0 Å². The minimum atomic E-state index is 0.278. The first kappa shape index (κ1) is 14.2. The van der Waals surface area contributed by atoms with Crippen molar-refractivity contribution in [3.05, 3.63) is 65.2 Å². The van der Waals surface area contributed by atoms with E-state index in [0.717, 1.165) is 5.56 Å². The molecule has 1 atom stereocenters. The highest BCUT2D eigenvalue weighted by atomic mass is 16.3. The minimum Gasteiger partial charge on any atom is -0.508 e. The van der Waals surface area contributed by atoms with Crippen molar-refractivity contribution in [2.45, 2.75) is 44.7 Å². The fourth-order valence-corrected chi connectivity index (χ4v) is 3.30. The predicted octanol–water partition coefficient (Wildman–Crippen LogP) is 4.30. The van der Waals surface area contributed by atoms with Crippen LogP contribution in [-0.4, -0.2) is 11.1 Å². The summed E-state index contributed by atoms with van der Waals surface area (Å²) < 4.78 is 0. The second kappa shape index (κ2) is 5.90. The molecule has 0 saturated heterocycles. The Hall–Kier alpha value is -1.80. The van der Waals surface area contributed by atoms with Gasteiger partial charge in [0.2, 0.25) is 0 Å². The summed E-state index contributed by atoms with van der Waals surface area (Å²) in [6.07, 6.45) is 2.40. The first-order valence-electron chi connectivity index (χ1n) is 7.74. The topological polar surface area (TPSA) is 32.3 Å². The third kappa shape index (κ3) is 3.11. The van der Waals surface area contributed by atoms with Crippen LogP contribution in [0.5, 0.6) is 5.75 Å². The summed E-state index contributed by atoms with van der Waals surface area (Å²) in [7, 11) is 0. The summed E-state index contributed by atoms with van der Waals surface area (Å²) in [6, 6.07) is 17.1. The van der Waals surface area contributed by atoms with Crippen LogP contribution in [0.2, 0.25) is 0 Å². The van der Waals surface area contributed by atoms with Gasteiger partial charge in [-0.2, -0.15) is 0 Å². The first-order valence-corrected chi connectivity index (χ1v) is 7.74. The number of aromatic hydroxyl groups is 1. The van der Waals surface area contributed by atoms with E-state index in [1.165, 1.54) is 24.0 Å². The van der Waals surface area contributed by atoms with Crippen LogP contribution in [-0.2, 0) is 0 Å². The zero-order valence-electron chi connectivity index (χ0n) is 12.7. The third-order valence-corrected chi connectivity index (χ3v) is 4.62. The van der Waals surface area contributed by atoms with Crippen molar-refractivity contribution in [1.29, 1.82) is 0 Å². The lowest BCUT2D eigenvalue weighted by Gasteiger charge is -2.39. The number of hydrogen-bond donors (Lipinski definition) is 2. The minimum absolute atomic E-state index is 0.278. The summed E-state index contributed by atoms with van der Waals surface area (Å²) >= 11 is 0. The number of hydrogen-bond acceptors (Lipinski definition) is 2. The van der Waals surface area contributed by atoms with Crippen LogP contribution in [0.1, 0.15) is 48.4 Å². The van der Waals surface area contributed by atoms with E-state index in [1.54, 1.807) is 6.07 Å². The molecule has 0 heterocycles. The van der Waals surface area contributed by atoms with Gasteiger partial charge in [-0.15, -0.1) is 0 Å². The highest BCUT2D eigenvalue weighted by molar-refractivity contribution is 5.32. The number of rotatable bonds is 4. The van der Waals surface area contributed by atoms with E-state index in [2.05, 4.69) is 49.5 Å². The fraction of sp³-hybridized carbons (Fsp3) is 0.368. The van der Waals surface area contributed by atoms with Gasteiger partial charge in [-0.05, 0) is 61.4 Å². The molecule has 2 nitrogen and oxygen atoms in total. The Morgan fingerprint density at radius 3 is 2.57 bits per heavy atom. The Labute approximate surface area is 126 Å². The number of phenols is 1. The van der Waals surface area contributed by atoms with Gasteiger partial charge in [-0.1, -0.05) is 36.4 Å². The number of benzene rings is 2. The van der Waals surface area contributed by atoms with Gasteiger partial charge in [0.1, 0.15) is 5.75 Å². The largest absolute Gasteiger partial charge is 0.508 e. The standard InChI is InChI=1S/C19H23NO/c1-13-6-3-4-9-19(13)16-10-17(11-16)20-14(2)15-7-5-8-18(21)12-15/h3-9,12,14,16-17,20-21H,10-11H2,1-2H3. The van der Waals surface area contributed by atoms with Crippen molar-refractivity contribution in [2.24, 2.45) is 0 Å². The van der Waals surface area contributed by atoms with Crippen molar-refractivity contribution in [2.75, 3.05) is 0 Å². The highest BCUT2D eigenvalue weighted by Crippen LogP contribution is 2.39. The fourth-order valence-electron chi connectivity index (χ4n) is 3.30. The highest BCUT2D eigenvalue weighted by Gasteiger charge is 2.31. The molecule has 1 aliphatic rings. The molecule has 21 heavy (non-hydrogen) atoms. The lowest BCUT2D eigenvalue weighted by atomic mass is 9.74. The maximum atomic E-state index is 9.56. The van der Waals surface area contributed by atoms with Crippen LogP contribution in [0, 0.1) is 6.92 Å². The molecule has 0 aromatic heterocycles. The molecule has 1 saturated carbocycles. The SMILES string of the molecule is Cc1ccccc1C1CC(NC(C)c2cccc(O)c2)C1. The quantitative estimate of drug-likeness (QED) is 0.876. The second-order valence-corrected chi connectivity index (χ2v) is 6.21. The molecule has 2 N–H and O–H groups in total. The van der Waals surface area contributed by atoms with Gasteiger partial charge in [-0.25, -0.2) is 0 Å². The van der Waals surface area contributed by atoms with E-state index in [1.807, 2.05) is 12.1 Å². The number of nitrogens with one attached hydrogen (secondary N) is 1. The molecule has 2 heteroatoms. The van der Waals surface area contributed by atoms with E-state index in [4.69, 9.17) is 0 Å². The third-order valence-electron chi connectivity index (χ3n) is 4.62. The van der Waals surface area contributed by atoms with Gasteiger partial charge < -0.3 is 10.4 Å². The molecule has 2 aromatic rings. The number of aryl methyl sites for hydroxylation is 1. The number of phenolic OH excluding ortho intramolecular Hbond substituents is 1. The van der Waals surface area contributed by atoms with Crippen molar-refractivity contribution in [3.8, 4) is 5.75 Å². The summed E-state index contributed by atoms with van der Waals surface area (Å²) in [4.78, 5) is 0. The van der Waals surface area contributed by atoms with Crippen molar-refractivity contribution >= 4 is 0 Å². The van der Waals surface area contributed by atoms with Crippen LogP contribution < -0.4 is 5.32 Å². The van der Waals surface area contributed by atoms with Crippen molar-refractivity contribution < 1.29 is 5.11 Å². The molecule has 2 aromatic carbocycles. The van der Waals surface area contributed by atoms with Crippen molar-refractivity contribution in [3.63, 3.8) is 0 Å². The molecule has 110 valence electrons. The monoisotopic (exact) mass is 281 g/mol. The van der Waals surface area contributed by atoms with Crippen LogP contribution in [0.15, 0.2) is 48.5 Å². The Morgan fingerprint density at radius 2 is 1.86 bits per heavy atom. The Balaban J connectivity index is 1.56. The average Bonchev–Trinajstić information content (AvgIpc) is 2.43. The molecular formula is C19H23NO. The summed E-state index contributed by atoms with van der Waals surface area (Å²) in [6.45, 7) is 4.36. The molecule has 3 rings (SSSR count).